The summed E-state index contributed by atoms with van der Waals surface area (Å²) in [4.78, 5) is 17.9. The van der Waals surface area contributed by atoms with Crippen LogP contribution >= 0.6 is 0 Å². The molecular weight excluding hydrogens is 216 g/mol. The Morgan fingerprint density at radius 2 is 2.35 bits per heavy atom. The number of hydrogen-bond donors (Lipinski definition) is 1. The summed E-state index contributed by atoms with van der Waals surface area (Å²) in [7, 11) is 1.77. The summed E-state index contributed by atoms with van der Waals surface area (Å²) in [5, 5.41) is 6.57. The molecule has 5 nitrogen and oxygen atoms in total. The largest absolute Gasteiger partial charge is 0.337 e. The average molecular weight is 230 g/mol. The molecule has 2 rings (SSSR count). The van der Waals surface area contributed by atoms with Gasteiger partial charge in [0.2, 0.25) is 0 Å². The number of pyridine rings is 1. The smallest absolute Gasteiger partial charge is 0.255 e. The molecule has 2 aromatic rings. The summed E-state index contributed by atoms with van der Waals surface area (Å²) in [6.45, 7) is 2.36. The topological polar surface area (TPSA) is 61.9 Å². The van der Waals surface area contributed by atoms with Crippen molar-refractivity contribution in [2.45, 2.75) is 13.5 Å². The van der Waals surface area contributed by atoms with Crippen molar-refractivity contribution in [1.82, 2.24) is 20.1 Å². The van der Waals surface area contributed by atoms with Crippen LogP contribution in [0, 0.1) is 6.92 Å². The number of aromatic nitrogens is 3. The van der Waals surface area contributed by atoms with E-state index in [1.54, 1.807) is 42.7 Å². The Hall–Kier alpha value is -2.17. The van der Waals surface area contributed by atoms with Gasteiger partial charge in [0.1, 0.15) is 0 Å². The molecule has 0 aliphatic heterocycles. The summed E-state index contributed by atoms with van der Waals surface area (Å²) in [6, 6.07) is 3.56. The van der Waals surface area contributed by atoms with Crippen LogP contribution in [-0.2, 0) is 6.54 Å². The van der Waals surface area contributed by atoms with Crippen LogP contribution in [0.25, 0.3) is 0 Å². The van der Waals surface area contributed by atoms with Crippen LogP contribution in [0.4, 0.5) is 0 Å². The predicted octanol–water partition coefficient (Wildman–Crippen LogP) is 1.39. The number of carbonyl (C=O) groups is 1. The Bertz CT molecular complexity index is 507. The monoisotopic (exact) mass is 230 g/mol. The maximum atomic E-state index is 12.1. The average Bonchev–Trinajstić information content (AvgIpc) is 2.81. The molecule has 0 radical (unpaired) electrons. The van der Waals surface area contributed by atoms with Crippen molar-refractivity contribution >= 4 is 5.91 Å². The fraction of sp³-hybridized carbons (Fsp3) is 0.250. The SMILES string of the molecule is Cc1ncccc1C(=O)N(C)Cc1cn[nH]c1. The van der Waals surface area contributed by atoms with Gasteiger partial charge >= 0.3 is 0 Å². The highest BCUT2D eigenvalue weighted by molar-refractivity contribution is 5.94. The minimum atomic E-state index is -0.0307. The standard InChI is InChI=1S/C12H14N4O/c1-9-11(4-3-5-13-9)12(17)16(2)8-10-6-14-15-7-10/h3-7H,8H2,1-2H3,(H,14,15). The van der Waals surface area contributed by atoms with E-state index in [1.165, 1.54) is 0 Å². The normalized spacial score (nSPS) is 10.2. The van der Waals surface area contributed by atoms with Gasteiger partial charge in [-0.3, -0.25) is 14.9 Å². The van der Waals surface area contributed by atoms with Crippen molar-refractivity contribution < 1.29 is 4.79 Å². The van der Waals surface area contributed by atoms with E-state index >= 15 is 0 Å². The number of rotatable bonds is 3. The third kappa shape index (κ3) is 2.50. The molecule has 0 aromatic carbocycles. The number of nitrogens with zero attached hydrogens (tertiary/aromatic N) is 3. The van der Waals surface area contributed by atoms with Gasteiger partial charge in [-0.05, 0) is 19.1 Å². The third-order valence-electron chi connectivity index (χ3n) is 2.56. The third-order valence-corrected chi connectivity index (χ3v) is 2.56. The lowest BCUT2D eigenvalue weighted by molar-refractivity contribution is 0.0784. The maximum absolute atomic E-state index is 12.1. The first kappa shape index (κ1) is 11.3. The Morgan fingerprint density at radius 1 is 1.53 bits per heavy atom. The summed E-state index contributed by atoms with van der Waals surface area (Å²) in [5.41, 5.74) is 2.36. The van der Waals surface area contributed by atoms with Gasteiger partial charge in [-0.1, -0.05) is 0 Å². The fourth-order valence-corrected chi connectivity index (χ4v) is 1.63. The van der Waals surface area contributed by atoms with Crippen LogP contribution in [0.2, 0.25) is 0 Å². The molecule has 0 saturated heterocycles. The molecule has 0 fully saturated rings. The van der Waals surface area contributed by atoms with E-state index in [0.29, 0.717) is 12.1 Å². The molecule has 0 unspecified atom stereocenters. The van der Waals surface area contributed by atoms with Crippen LogP contribution < -0.4 is 0 Å². The molecular formula is C12H14N4O. The van der Waals surface area contributed by atoms with E-state index in [-0.39, 0.29) is 5.91 Å². The van der Waals surface area contributed by atoms with Crippen molar-refractivity contribution in [3.63, 3.8) is 0 Å². The maximum Gasteiger partial charge on any atom is 0.255 e. The number of aryl methyl sites for hydroxylation is 1. The molecule has 88 valence electrons. The summed E-state index contributed by atoms with van der Waals surface area (Å²) in [5.74, 6) is -0.0307. The van der Waals surface area contributed by atoms with Crippen LogP contribution in [0.5, 0.6) is 0 Å². The van der Waals surface area contributed by atoms with Gasteiger partial charge in [0.15, 0.2) is 0 Å². The zero-order chi connectivity index (χ0) is 12.3. The van der Waals surface area contributed by atoms with Gasteiger partial charge in [-0.2, -0.15) is 5.10 Å². The van der Waals surface area contributed by atoms with Gasteiger partial charge < -0.3 is 4.90 Å². The first-order valence-corrected chi connectivity index (χ1v) is 5.33. The highest BCUT2D eigenvalue weighted by Gasteiger charge is 2.14. The van der Waals surface area contributed by atoms with E-state index < -0.39 is 0 Å². The number of aromatic amines is 1. The summed E-state index contributed by atoms with van der Waals surface area (Å²) >= 11 is 0. The van der Waals surface area contributed by atoms with Crippen molar-refractivity contribution in [2.24, 2.45) is 0 Å². The first-order chi connectivity index (χ1) is 8.18. The molecule has 0 bridgehead atoms. The van der Waals surface area contributed by atoms with Crippen molar-refractivity contribution in [3.8, 4) is 0 Å². The lowest BCUT2D eigenvalue weighted by Gasteiger charge is -2.16. The highest BCUT2D eigenvalue weighted by Crippen LogP contribution is 2.09. The number of H-pyrrole nitrogens is 1. The molecule has 2 heterocycles. The van der Waals surface area contributed by atoms with Crippen LogP contribution in [-0.4, -0.2) is 33.0 Å². The molecule has 5 heteroatoms. The van der Waals surface area contributed by atoms with Gasteiger partial charge in [-0.15, -0.1) is 0 Å². The first-order valence-electron chi connectivity index (χ1n) is 5.33. The van der Waals surface area contributed by atoms with Gasteiger partial charge in [0, 0.05) is 37.2 Å². The molecule has 2 aromatic heterocycles. The number of hydrogen-bond acceptors (Lipinski definition) is 3. The zero-order valence-electron chi connectivity index (χ0n) is 9.84. The second-order valence-corrected chi connectivity index (χ2v) is 3.90. The van der Waals surface area contributed by atoms with Gasteiger partial charge in [0.05, 0.1) is 11.8 Å². The molecule has 0 aliphatic rings. The van der Waals surface area contributed by atoms with Crippen molar-refractivity contribution in [3.05, 3.63) is 47.5 Å². The highest BCUT2D eigenvalue weighted by atomic mass is 16.2. The van der Waals surface area contributed by atoms with Gasteiger partial charge in [-0.25, -0.2) is 0 Å². The van der Waals surface area contributed by atoms with Crippen molar-refractivity contribution in [1.29, 1.82) is 0 Å². The summed E-state index contributed by atoms with van der Waals surface area (Å²) < 4.78 is 0. The Balaban J connectivity index is 2.13. The fourth-order valence-electron chi connectivity index (χ4n) is 1.63. The van der Waals surface area contributed by atoms with Gasteiger partial charge in [0.25, 0.3) is 5.91 Å². The quantitative estimate of drug-likeness (QED) is 0.866. The molecule has 0 atom stereocenters. The Kier molecular flexibility index (Phi) is 3.18. The minimum absolute atomic E-state index is 0.0307. The van der Waals surface area contributed by atoms with E-state index in [0.717, 1.165) is 11.3 Å². The molecule has 1 amide bonds. The van der Waals surface area contributed by atoms with E-state index in [9.17, 15) is 4.79 Å². The zero-order valence-corrected chi connectivity index (χ0v) is 9.84. The Labute approximate surface area is 99.5 Å². The molecule has 1 N–H and O–H groups in total. The number of nitrogens with one attached hydrogen (secondary N) is 1. The predicted molar refractivity (Wildman–Crippen MR) is 63.4 cm³/mol. The van der Waals surface area contributed by atoms with Crippen LogP contribution in [0.1, 0.15) is 21.6 Å². The molecule has 0 spiro atoms. The van der Waals surface area contributed by atoms with Crippen LogP contribution in [0.3, 0.4) is 0 Å². The second-order valence-electron chi connectivity index (χ2n) is 3.90. The number of carbonyl (C=O) groups excluding carboxylic acids is 1. The lowest BCUT2D eigenvalue weighted by atomic mass is 10.2. The van der Waals surface area contributed by atoms with E-state index in [1.807, 2.05) is 6.92 Å². The molecule has 0 saturated carbocycles. The molecule has 17 heavy (non-hydrogen) atoms. The summed E-state index contributed by atoms with van der Waals surface area (Å²) in [6.07, 6.45) is 5.17. The van der Waals surface area contributed by atoms with E-state index in [4.69, 9.17) is 0 Å². The Morgan fingerprint density at radius 3 is 3.00 bits per heavy atom. The second kappa shape index (κ2) is 4.78. The van der Waals surface area contributed by atoms with E-state index in [2.05, 4.69) is 15.2 Å². The van der Waals surface area contributed by atoms with Crippen molar-refractivity contribution in [2.75, 3.05) is 7.05 Å². The minimum Gasteiger partial charge on any atom is -0.337 e. The van der Waals surface area contributed by atoms with Crippen LogP contribution in [0.15, 0.2) is 30.7 Å². The molecule has 0 aliphatic carbocycles. The lowest BCUT2D eigenvalue weighted by Crippen LogP contribution is -2.26. The number of amides is 1.